The molecule has 3 N–H and O–H groups in total. The van der Waals surface area contributed by atoms with Crippen molar-refractivity contribution < 1.29 is 19.1 Å². The number of carbonyl (C=O) groups excluding carboxylic acids is 3. The van der Waals surface area contributed by atoms with Gasteiger partial charge in [-0.25, -0.2) is 0 Å². The number of Topliss-reactive ketones (excluding diaryl/α,β-unsaturated/α-hetero) is 1. The van der Waals surface area contributed by atoms with Crippen molar-refractivity contribution in [1.29, 1.82) is 0 Å². The van der Waals surface area contributed by atoms with Crippen LogP contribution in [0.4, 0.5) is 0 Å². The number of primary amides is 1. The molecule has 2 amide bonds. The molecule has 3 rings (SSSR count). The summed E-state index contributed by atoms with van der Waals surface area (Å²) in [5, 5.41) is 2.82. The van der Waals surface area contributed by atoms with Crippen LogP contribution in [-0.2, 0) is 24.5 Å². The van der Waals surface area contributed by atoms with Crippen LogP contribution in [0.25, 0.3) is 0 Å². The minimum atomic E-state index is -0.941. The monoisotopic (exact) mass is 387 g/mol. The van der Waals surface area contributed by atoms with Gasteiger partial charge in [-0.3, -0.25) is 14.4 Å². The molecule has 0 saturated carbocycles. The van der Waals surface area contributed by atoms with Gasteiger partial charge in [-0.1, -0.05) is 30.3 Å². The molecule has 2 aliphatic heterocycles. The van der Waals surface area contributed by atoms with Crippen molar-refractivity contribution in [2.75, 3.05) is 26.2 Å². The summed E-state index contributed by atoms with van der Waals surface area (Å²) in [5.41, 5.74) is 5.48. The van der Waals surface area contributed by atoms with Crippen LogP contribution in [0.3, 0.4) is 0 Å². The van der Waals surface area contributed by atoms with Crippen LogP contribution in [-0.4, -0.2) is 60.9 Å². The van der Waals surface area contributed by atoms with E-state index in [1.165, 1.54) is 0 Å². The first-order chi connectivity index (χ1) is 13.4. The van der Waals surface area contributed by atoms with Gasteiger partial charge in [-0.15, -0.1) is 0 Å². The molecule has 0 aromatic heterocycles. The third kappa shape index (κ3) is 4.59. The van der Waals surface area contributed by atoms with Gasteiger partial charge in [-0.05, 0) is 44.8 Å². The van der Waals surface area contributed by atoms with Gasteiger partial charge >= 0.3 is 0 Å². The summed E-state index contributed by atoms with van der Waals surface area (Å²) >= 11 is 0. The van der Waals surface area contributed by atoms with Gasteiger partial charge in [0.1, 0.15) is 12.6 Å². The quantitative estimate of drug-likeness (QED) is 0.686. The lowest BCUT2D eigenvalue weighted by Crippen LogP contribution is -2.49. The lowest BCUT2D eigenvalue weighted by Gasteiger charge is -2.27. The van der Waals surface area contributed by atoms with Crippen LogP contribution in [0.1, 0.15) is 38.2 Å². The van der Waals surface area contributed by atoms with Crippen LogP contribution in [0.5, 0.6) is 0 Å². The number of nitrogens with one attached hydrogen (secondary N) is 1. The number of ether oxygens (including phenoxy) is 1. The number of benzene rings is 1. The van der Waals surface area contributed by atoms with Crippen molar-refractivity contribution in [3.63, 3.8) is 0 Å². The van der Waals surface area contributed by atoms with Crippen molar-refractivity contribution in [2.45, 2.75) is 50.2 Å². The first kappa shape index (κ1) is 20.5. The van der Waals surface area contributed by atoms with Gasteiger partial charge in [0.05, 0.1) is 11.5 Å². The SMILES string of the molecule is CC(CCC(=O)NC1C(=O)COC1CN1CCCC1)(C(N)=O)c1ccccc1. The molecule has 0 radical (unpaired) electrons. The van der Waals surface area contributed by atoms with E-state index in [0.29, 0.717) is 6.54 Å². The molecule has 2 saturated heterocycles. The Morgan fingerprint density at radius 1 is 1.25 bits per heavy atom. The second-order valence-electron chi connectivity index (χ2n) is 7.93. The highest BCUT2D eigenvalue weighted by atomic mass is 16.5. The van der Waals surface area contributed by atoms with Gasteiger partial charge < -0.3 is 20.7 Å². The molecule has 3 atom stereocenters. The Morgan fingerprint density at radius 3 is 2.57 bits per heavy atom. The van der Waals surface area contributed by atoms with Gasteiger partial charge in [-0.2, -0.15) is 0 Å². The van der Waals surface area contributed by atoms with Crippen LogP contribution in [0.15, 0.2) is 30.3 Å². The topological polar surface area (TPSA) is 102 Å². The first-order valence-corrected chi connectivity index (χ1v) is 9.91. The fourth-order valence-corrected chi connectivity index (χ4v) is 3.96. The van der Waals surface area contributed by atoms with Crippen LogP contribution in [0.2, 0.25) is 0 Å². The average molecular weight is 387 g/mol. The predicted molar refractivity (Wildman–Crippen MR) is 105 cm³/mol. The molecule has 3 unspecified atom stereocenters. The number of likely N-dealkylation sites (tertiary alicyclic amines) is 1. The highest BCUT2D eigenvalue weighted by Crippen LogP contribution is 2.29. The van der Waals surface area contributed by atoms with E-state index in [4.69, 9.17) is 10.5 Å². The summed E-state index contributed by atoms with van der Waals surface area (Å²) in [6.07, 6.45) is 2.38. The van der Waals surface area contributed by atoms with E-state index in [1.807, 2.05) is 30.3 Å². The van der Waals surface area contributed by atoms with E-state index in [0.717, 1.165) is 31.5 Å². The Labute approximate surface area is 165 Å². The minimum Gasteiger partial charge on any atom is -0.369 e. The zero-order valence-corrected chi connectivity index (χ0v) is 16.4. The third-order valence-corrected chi connectivity index (χ3v) is 5.92. The number of hydrogen-bond acceptors (Lipinski definition) is 5. The summed E-state index contributed by atoms with van der Waals surface area (Å²) < 4.78 is 5.61. The molecular formula is C21H29N3O4. The molecule has 0 aliphatic carbocycles. The minimum absolute atomic E-state index is 0.0342. The van der Waals surface area contributed by atoms with E-state index in [-0.39, 0.29) is 37.2 Å². The number of nitrogens with two attached hydrogens (primary N) is 1. The lowest BCUT2D eigenvalue weighted by atomic mass is 9.78. The van der Waals surface area contributed by atoms with Gasteiger partial charge in [0.25, 0.3) is 0 Å². The zero-order chi connectivity index (χ0) is 20.1. The third-order valence-electron chi connectivity index (χ3n) is 5.92. The molecule has 7 nitrogen and oxygen atoms in total. The normalized spacial score (nSPS) is 24.8. The molecule has 2 aliphatic rings. The van der Waals surface area contributed by atoms with E-state index < -0.39 is 17.4 Å². The van der Waals surface area contributed by atoms with Crippen molar-refractivity contribution >= 4 is 17.6 Å². The van der Waals surface area contributed by atoms with Crippen molar-refractivity contribution in [1.82, 2.24) is 10.2 Å². The summed E-state index contributed by atoms with van der Waals surface area (Å²) in [6.45, 7) is 4.44. The number of hydrogen-bond donors (Lipinski definition) is 2. The molecule has 28 heavy (non-hydrogen) atoms. The largest absolute Gasteiger partial charge is 0.369 e. The van der Waals surface area contributed by atoms with Crippen LogP contribution >= 0.6 is 0 Å². The second kappa shape index (κ2) is 8.84. The molecule has 0 bridgehead atoms. The molecule has 7 heteroatoms. The maximum Gasteiger partial charge on any atom is 0.227 e. The zero-order valence-electron chi connectivity index (χ0n) is 16.4. The molecule has 152 valence electrons. The molecule has 2 heterocycles. The first-order valence-electron chi connectivity index (χ1n) is 9.91. The lowest BCUT2D eigenvalue weighted by molar-refractivity contribution is -0.127. The molecular weight excluding hydrogens is 358 g/mol. The molecule has 2 fully saturated rings. The molecule has 1 aromatic rings. The molecule has 1 aromatic carbocycles. The van der Waals surface area contributed by atoms with Gasteiger partial charge in [0, 0.05) is 13.0 Å². The van der Waals surface area contributed by atoms with Crippen molar-refractivity contribution in [2.24, 2.45) is 5.73 Å². The van der Waals surface area contributed by atoms with Gasteiger partial charge in [0.15, 0.2) is 5.78 Å². The Hall–Kier alpha value is -2.25. The van der Waals surface area contributed by atoms with Crippen LogP contribution < -0.4 is 11.1 Å². The maximum atomic E-state index is 12.5. The Balaban J connectivity index is 1.59. The van der Waals surface area contributed by atoms with Crippen molar-refractivity contribution in [3.8, 4) is 0 Å². The fraction of sp³-hybridized carbons (Fsp3) is 0.571. The fourth-order valence-electron chi connectivity index (χ4n) is 3.96. The van der Waals surface area contributed by atoms with E-state index >= 15 is 0 Å². The smallest absolute Gasteiger partial charge is 0.227 e. The Bertz CT molecular complexity index is 718. The number of amides is 2. The molecule has 0 spiro atoms. The van der Waals surface area contributed by atoms with Gasteiger partial charge in [0.2, 0.25) is 11.8 Å². The van der Waals surface area contributed by atoms with E-state index in [9.17, 15) is 14.4 Å². The highest BCUT2D eigenvalue weighted by molar-refractivity contribution is 5.92. The van der Waals surface area contributed by atoms with E-state index in [2.05, 4.69) is 10.2 Å². The number of ketones is 1. The standard InChI is InChI=1S/C21H29N3O4/c1-21(20(22)27,15-7-3-2-4-8-15)10-9-18(26)23-19-16(25)14-28-17(19)13-24-11-5-6-12-24/h2-4,7-8,17,19H,5-6,9-14H2,1H3,(H2,22,27)(H,23,26). The summed E-state index contributed by atoms with van der Waals surface area (Å²) in [6, 6.07) is 8.60. The Morgan fingerprint density at radius 2 is 1.93 bits per heavy atom. The number of rotatable bonds is 8. The van der Waals surface area contributed by atoms with Crippen LogP contribution in [0, 0.1) is 0 Å². The Kier molecular flexibility index (Phi) is 6.46. The van der Waals surface area contributed by atoms with E-state index in [1.54, 1.807) is 6.92 Å². The number of nitrogens with zero attached hydrogens (tertiary/aromatic N) is 1. The summed E-state index contributed by atoms with van der Waals surface area (Å²) in [4.78, 5) is 39.1. The second-order valence-corrected chi connectivity index (χ2v) is 7.93. The number of carbonyl (C=O) groups is 3. The highest BCUT2D eigenvalue weighted by Gasteiger charge is 2.39. The maximum absolute atomic E-state index is 12.5. The van der Waals surface area contributed by atoms with Crippen molar-refractivity contribution in [3.05, 3.63) is 35.9 Å². The summed E-state index contributed by atoms with van der Waals surface area (Å²) in [7, 11) is 0. The predicted octanol–water partition coefficient (Wildman–Crippen LogP) is 0.758. The summed E-state index contributed by atoms with van der Waals surface area (Å²) in [5.74, 6) is -0.837. The average Bonchev–Trinajstić information content (AvgIpc) is 3.32.